The summed E-state index contributed by atoms with van der Waals surface area (Å²) in [4.78, 5) is 12.3. The van der Waals surface area contributed by atoms with Crippen LogP contribution in [0.25, 0.3) is 11.0 Å². The molecule has 0 aromatic carbocycles. The van der Waals surface area contributed by atoms with Crippen LogP contribution in [0.15, 0.2) is 0 Å². The van der Waals surface area contributed by atoms with E-state index in [1.54, 1.807) is 0 Å². The van der Waals surface area contributed by atoms with Gasteiger partial charge in [-0.1, -0.05) is 13.8 Å². The lowest BCUT2D eigenvalue weighted by Gasteiger charge is -2.36. The Labute approximate surface area is 131 Å². The largest absolute Gasteiger partial charge is 0.354 e. The van der Waals surface area contributed by atoms with Gasteiger partial charge in [-0.2, -0.15) is 5.10 Å². The van der Waals surface area contributed by atoms with Crippen LogP contribution < -0.4 is 4.90 Å². The van der Waals surface area contributed by atoms with Crippen molar-refractivity contribution in [1.82, 2.24) is 19.7 Å². The summed E-state index contributed by atoms with van der Waals surface area (Å²) in [7, 11) is 2.01. The van der Waals surface area contributed by atoms with Crippen molar-refractivity contribution >= 4 is 16.9 Å². The van der Waals surface area contributed by atoms with E-state index in [1.807, 2.05) is 11.7 Å². The molecule has 1 aliphatic heterocycles. The van der Waals surface area contributed by atoms with E-state index in [4.69, 9.17) is 9.97 Å². The number of hydrogen-bond acceptors (Lipinski definition) is 4. The quantitative estimate of drug-likeness (QED) is 0.855. The molecule has 1 saturated carbocycles. The predicted octanol–water partition coefficient (Wildman–Crippen LogP) is 3.03. The highest BCUT2D eigenvalue weighted by Crippen LogP contribution is 2.40. The van der Waals surface area contributed by atoms with Crippen LogP contribution in [0.3, 0.4) is 0 Å². The average Bonchev–Trinajstić information content (AvgIpc) is 3.25. The van der Waals surface area contributed by atoms with Crippen LogP contribution in [-0.4, -0.2) is 32.8 Å². The van der Waals surface area contributed by atoms with Crippen molar-refractivity contribution in [2.45, 2.75) is 46.0 Å². The van der Waals surface area contributed by atoms with E-state index in [1.165, 1.54) is 19.3 Å². The number of aromatic nitrogens is 4. The summed E-state index contributed by atoms with van der Waals surface area (Å²) in [5, 5.41) is 4.59. The number of nitrogens with zero attached hydrogens (tertiary/aromatic N) is 5. The molecule has 0 spiro atoms. The third-order valence-electron chi connectivity index (χ3n) is 4.96. The van der Waals surface area contributed by atoms with Gasteiger partial charge in [0.2, 0.25) is 0 Å². The van der Waals surface area contributed by atoms with Gasteiger partial charge in [-0.3, -0.25) is 4.68 Å². The topological polar surface area (TPSA) is 46.8 Å². The summed E-state index contributed by atoms with van der Waals surface area (Å²) in [5.41, 5.74) is 3.16. The van der Waals surface area contributed by atoms with Crippen molar-refractivity contribution in [3.63, 3.8) is 0 Å². The summed E-state index contributed by atoms with van der Waals surface area (Å²) >= 11 is 0. The van der Waals surface area contributed by atoms with Gasteiger partial charge < -0.3 is 4.90 Å². The van der Waals surface area contributed by atoms with Gasteiger partial charge in [-0.25, -0.2) is 9.97 Å². The lowest BCUT2D eigenvalue weighted by Crippen LogP contribution is -2.39. The molecule has 2 aliphatic rings. The fraction of sp³-hybridized carbons (Fsp3) is 0.706. The van der Waals surface area contributed by atoms with Crippen LogP contribution in [0, 0.1) is 18.8 Å². The molecule has 2 aromatic rings. The molecule has 5 nitrogen and oxygen atoms in total. The van der Waals surface area contributed by atoms with Gasteiger partial charge in [-0.15, -0.1) is 0 Å². The first-order valence-corrected chi connectivity index (χ1v) is 8.49. The second kappa shape index (κ2) is 4.93. The number of anilines is 1. The Morgan fingerprint density at radius 3 is 2.36 bits per heavy atom. The minimum Gasteiger partial charge on any atom is -0.354 e. The molecule has 1 saturated heterocycles. The molecule has 5 heteroatoms. The van der Waals surface area contributed by atoms with E-state index >= 15 is 0 Å². The Bertz CT molecular complexity index is 705. The summed E-state index contributed by atoms with van der Waals surface area (Å²) in [5.74, 6) is 4.14. The first-order valence-electron chi connectivity index (χ1n) is 8.49. The monoisotopic (exact) mass is 299 g/mol. The Kier molecular flexibility index (Phi) is 3.13. The highest BCUT2D eigenvalue weighted by Gasteiger charge is 2.31. The third-order valence-corrected chi connectivity index (χ3v) is 4.96. The van der Waals surface area contributed by atoms with Crippen LogP contribution in [-0.2, 0) is 7.05 Å². The molecule has 2 aromatic heterocycles. The standard InChI is InChI=1S/C17H25N5/c1-10-7-11(2)9-22(8-10)17-15-14(12(3)20-21(15)4)18-16(19-17)13-5-6-13/h10-11,13H,5-9H2,1-4H3/t10-,11-/m1/s1. The number of aryl methyl sites for hydroxylation is 2. The molecule has 0 unspecified atom stereocenters. The van der Waals surface area contributed by atoms with Crippen LogP contribution in [0.4, 0.5) is 5.82 Å². The number of fused-ring (bicyclic) bond motifs is 1. The van der Waals surface area contributed by atoms with Gasteiger partial charge in [0.15, 0.2) is 5.82 Å². The molecule has 0 N–H and O–H groups in total. The summed E-state index contributed by atoms with van der Waals surface area (Å²) < 4.78 is 1.96. The van der Waals surface area contributed by atoms with Crippen molar-refractivity contribution in [3.05, 3.63) is 11.5 Å². The average molecular weight is 299 g/mol. The van der Waals surface area contributed by atoms with Gasteiger partial charge in [0, 0.05) is 26.1 Å². The fourth-order valence-corrected chi connectivity index (χ4v) is 3.91. The van der Waals surface area contributed by atoms with Crippen LogP contribution in [0.5, 0.6) is 0 Å². The minimum absolute atomic E-state index is 0.572. The molecule has 22 heavy (non-hydrogen) atoms. The molecule has 3 heterocycles. The highest BCUT2D eigenvalue weighted by molar-refractivity contribution is 5.88. The summed E-state index contributed by atoms with van der Waals surface area (Å²) in [6.45, 7) is 8.92. The Balaban J connectivity index is 1.87. The minimum atomic E-state index is 0.572. The van der Waals surface area contributed by atoms with E-state index < -0.39 is 0 Å². The van der Waals surface area contributed by atoms with Gasteiger partial charge in [0.25, 0.3) is 0 Å². The second-order valence-corrected chi connectivity index (χ2v) is 7.44. The van der Waals surface area contributed by atoms with Crippen LogP contribution in [0.2, 0.25) is 0 Å². The van der Waals surface area contributed by atoms with E-state index in [-0.39, 0.29) is 0 Å². The zero-order valence-corrected chi connectivity index (χ0v) is 14.0. The Morgan fingerprint density at radius 2 is 1.73 bits per heavy atom. The van der Waals surface area contributed by atoms with Crippen molar-refractivity contribution in [2.24, 2.45) is 18.9 Å². The summed E-state index contributed by atoms with van der Waals surface area (Å²) in [6, 6.07) is 0. The highest BCUT2D eigenvalue weighted by atomic mass is 15.3. The maximum Gasteiger partial charge on any atom is 0.158 e. The molecule has 4 rings (SSSR count). The molecule has 2 fully saturated rings. The maximum absolute atomic E-state index is 4.98. The van der Waals surface area contributed by atoms with Gasteiger partial charge in [0.05, 0.1) is 5.69 Å². The van der Waals surface area contributed by atoms with E-state index in [0.717, 1.165) is 41.5 Å². The van der Waals surface area contributed by atoms with E-state index in [2.05, 4.69) is 30.8 Å². The Morgan fingerprint density at radius 1 is 1.05 bits per heavy atom. The maximum atomic E-state index is 4.98. The first-order chi connectivity index (χ1) is 10.5. The molecule has 0 radical (unpaired) electrons. The molecule has 1 aliphatic carbocycles. The first kappa shape index (κ1) is 14.0. The Hall–Kier alpha value is -1.65. The van der Waals surface area contributed by atoms with Crippen LogP contribution >= 0.6 is 0 Å². The van der Waals surface area contributed by atoms with Crippen molar-refractivity contribution in [2.75, 3.05) is 18.0 Å². The van der Waals surface area contributed by atoms with Crippen molar-refractivity contribution < 1.29 is 0 Å². The summed E-state index contributed by atoms with van der Waals surface area (Å²) in [6.07, 6.45) is 3.78. The van der Waals surface area contributed by atoms with Crippen LogP contribution in [0.1, 0.15) is 50.5 Å². The molecule has 0 bridgehead atoms. The second-order valence-electron chi connectivity index (χ2n) is 7.44. The SMILES string of the molecule is Cc1nn(C)c2c(N3C[C@H](C)C[C@@H](C)C3)nc(C3CC3)nc12. The number of hydrogen-bond donors (Lipinski definition) is 0. The predicted molar refractivity (Wildman–Crippen MR) is 88.2 cm³/mol. The van der Waals surface area contributed by atoms with E-state index in [0.29, 0.717) is 17.8 Å². The molecular formula is C17H25N5. The molecule has 2 atom stereocenters. The lowest BCUT2D eigenvalue weighted by atomic mass is 9.92. The smallest absolute Gasteiger partial charge is 0.158 e. The van der Waals surface area contributed by atoms with Gasteiger partial charge in [-0.05, 0) is 38.0 Å². The molecule has 0 amide bonds. The zero-order chi connectivity index (χ0) is 15.4. The normalized spacial score (nSPS) is 25.9. The van der Waals surface area contributed by atoms with Gasteiger partial charge in [0.1, 0.15) is 16.9 Å². The lowest BCUT2D eigenvalue weighted by molar-refractivity contribution is 0.355. The van der Waals surface area contributed by atoms with E-state index in [9.17, 15) is 0 Å². The fourth-order valence-electron chi connectivity index (χ4n) is 3.91. The molecular weight excluding hydrogens is 274 g/mol. The number of rotatable bonds is 2. The zero-order valence-electron chi connectivity index (χ0n) is 14.0. The third kappa shape index (κ3) is 2.27. The molecule has 118 valence electrons. The van der Waals surface area contributed by atoms with Gasteiger partial charge >= 0.3 is 0 Å². The number of piperidine rings is 1. The van der Waals surface area contributed by atoms with Crippen molar-refractivity contribution in [3.8, 4) is 0 Å². The van der Waals surface area contributed by atoms with Crippen molar-refractivity contribution in [1.29, 1.82) is 0 Å².